The summed E-state index contributed by atoms with van der Waals surface area (Å²) < 4.78 is 0. The van der Waals surface area contributed by atoms with Crippen LogP contribution in [0.3, 0.4) is 0 Å². The molecule has 0 spiro atoms. The zero-order chi connectivity index (χ0) is 13.0. The fourth-order valence-corrected chi connectivity index (χ4v) is 1.56. The number of carbonyl (C=O) groups is 1. The van der Waals surface area contributed by atoms with E-state index in [1.165, 1.54) is 0 Å². The summed E-state index contributed by atoms with van der Waals surface area (Å²) in [5.74, 6) is -0.00350. The van der Waals surface area contributed by atoms with Crippen LogP contribution in [0.1, 0.15) is 26.3 Å². The Morgan fingerprint density at radius 2 is 1.94 bits per heavy atom. The van der Waals surface area contributed by atoms with Crippen molar-refractivity contribution in [3.8, 4) is 0 Å². The van der Waals surface area contributed by atoms with Crippen molar-refractivity contribution < 1.29 is 4.79 Å². The van der Waals surface area contributed by atoms with Gasteiger partial charge in [-0.05, 0) is 51.5 Å². The zero-order valence-corrected chi connectivity index (χ0v) is 10.9. The largest absolute Gasteiger partial charge is 0.399 e. The molecule has 1 atom stereocenters. The number of rotatable bonds is 4. The van der Waals surface area contributed by atoms with Gasteiger partial charge in [-0.3, -0.25) is 4.79 Å². The minimum absolute atomic E-state index is 0.00350. The Balaban J connectivity index is 2.67. The molecule has 0 aliphatic carbocycles. The predicted molar refractivity (Wildman–Crippen MR) is 72.0 cm³/mol. The summed E-state index contributed by atoms with van der Waals surface area (Å²) in [6.45, 7) is 7.69. The normalized spacial score (nSPS) is 12.3. The number of nitrogens with two attached hydrogens (primary N) is 1. The lowest BCUT2D eigenvalue weighted by Crippen LogP contribution is -2.41. The molecular weight excluding hydrogens is 214 g/mol. The van der Waals surface area contributed by atoms with Crippen molar-refractivity contribution in [1.29, 1.82) is 0 Å². The van der Waals surface area contributed by atoms with Gasteiger partial charge in [0.2, 0.25) is 5.91 Å². The third-order valence-electron chi connectivity index (χ3n) is 2.45. The van der Waals surface area contributed by atoms with Gasteiger partial charge in [-0.1, -0.05) is 0 Å². The molecule has 1 aromatic carbocycles. The Morgan fingerprint density at radius 3 is 2.47 bits per heavy atom. The fraction of sp³-hybridized carbons (Fsp3) is 0.462. The summed E-state index contributed by atoms with van der Waals surface area (Å²) in [5.41, 5.74) is 8.38. The molecule has 17 heavy (non-hydrogen) atoms. The van der Waals surface area contributed by atoms with Crippen molar-refractivity contribution in [1.82, 2.24) is 5.32 Å². The number of anilines is 2. The number of amides is 1. The van der Waals surface area contributed by atoms with Crippen LogP contribution >= 0.6 is 0 Å². The molecule has 0 aromatic heterocycles. The lowest BCUT2D eigenvalue weighted by Gasteiger charge is -2.18. The quantitative estimate of drug-likeness (QED) is 0.698. The Morgan fingerprint density at radius 1 is 1.29 bits per heavy atom. The first kappa shape index (κ1) is 13.4. The third-order valence-corrected chi connectivity index (χ3v) is 2.45. The number of benzene rings is 1. The summed E-state index contributed by atoms with van der Waals surface area (Å²) >= 11 is 0. The first-order chi connectivity index (χ1) is 7.90. The van der Waals surface area contributed by atoms with E-state index in [0.717, 1.165) is 16.9 Å². The first-order valence-corrected chi connectivity index (χ1v) is 5.83. The molecule has 0 saturated heterocycles. The molecule has 0 bridgehead atoms. The molecule has 0 radical (unpaired) electrons. The van der Waals surface area contributed by atoms with Gasteiger partial charge in [-0.15, -0.1) is 0 Å². The van der Waals surface area contributed by atoms with Crippen molar-refractivity contribution in [3.05, 3.63) is 23.8 Å². The van der Waals surface area contributed by atoms with Crippen LogP contribution in [0, 0.1) is 6.92 Å². The van der Waals surface area contributed by atoms with Crippen molar-refractivity contribution in [2.45, 2.75) is 39.8 Å². The Kier molecular flexibility index (Phi) is 4.37. The fourth-order valence-electron chi connectivity index (χ4n) is 1.56. The molecule has 1 amide bonds. The highest BCUT2D eigenvalue weighted by atomic mass is 16.2. The minimum Gasteiger partial charge on any atom is -0.399 e. The first-order valence-electron chi connectivity index (χ1n) is 5.83. The van der Waals surface area contributed by atoms with Gasteiger partial charge in [0.05, 0.1) is 0 Å². The standard InChI is InChI=1S/C13H21N3O/c1-8(2)15-13(17)10(4)16-12-6-5-11(14)7-9(12)3/h5-8,10,16H,14H2,1-4H3,(H,15,17). The molecule has 0 fully saturated rings. The zero-order valence-electron chi connectivity index (χ0n) is 10.9. The molecule has 0 heterocycles. The molecule has 1 aromatic rings. The highest BCUT2D eigenvalue weighted by molar-refractivity contribution is 5.84. The summed E-state index contributed by atoms with van der Waals surface area (Å²) in [4.78, 5) is 11.7. The Hall–Kier alpha value is -1.71. The molecule has 0 aliphatic heterocycles. The van der Waals surface area contributed by atoms with Gasteiger partial charge >= 0.3 is 0 Å². The maximum atomic E-state index is 11.7. The van der Waals surface area contributed by atoms with E-state index in [0.29, 0.717) is 0 Å². The van der Waals surface area contributed by atoms with E-state index in [1.807, 2.05) is 45.9 Å². The minimum atomic E-state index is -0.264. The second-order valence-electron chi connectivity index (χ2n) is 4.60. The van der Waals surface area contributed by atoms with Crippen LogP contribution in [0.15, 0.2) is 18.2 Å². The molecule has 4 heteroatoms. The van der Waals surface area contributed by atoms with Crippen LogP contribution in [-0.2, 0) is 4.79 Å². The number of nitrogen functional groups attached to an aromatic ring is 1. The van der Waals surface area contributed by atoms with Crippen molar-refractivity contribution in [3.63, 3.8) is 0 Å². The molecule has 4 nitrogen and oxygen atoms in total. The second-order valence-corrected chi connectivity index (χ2v) is 4.60. The summed E-state index contributed by atoms with van der Waals surface area (Å²) in [7, 11) is 0. The topological polar surface area (TPSA) is 67.1 Å². The summed E-state index contributed by atoms with van der Waals surface area (Å²) in [5, 5.41) is 6.04. The molecular formula is C13H21N3O. The maximum Gasteiger partial charge on any atom is 0.242 e. The SMILES string of the molecule is Cc1cc(N)ccc1NC(C)C(=O)NC(C)C. The van der Waals surface area contributed by atoms with Gasteiger partial charge in [-0.25, -0.2) is 0 Å². The van der Waals surface area contributed by atoms with E-state index in [1.54, 1.807) is 0 Å². The molecule has 1 rings (SSSR count). The van der Waals surface area contributed by atoms with Gasteiger partial charge in [0.1, 0.15) is 6.04 Å². The van der Waals surface area contributed by atoms with E-state index < -0.39 is 0 Å². The van der Waals surface area contributed by atoms with Gasteiger partial charge in [0.15, 0.2) is 0 Å². The number of aryl methyl sites for hydroxylation is 1. The number of nitrogens with one attached hydrogen (secondary N) is 2. The second kappa shape index (κ2) is 5.57. The highest BCUT2D eigenvalue weighted by Gasteiger charge is 2.13. The van der Waals surface area contributed by atoms with E-state index in [2.05, 4.69) is 10.6 Å². The van der Waals surface area contributed by atoms with Gasteiger partial charge < -0.3 is 16.4 Å². The van der Waals surface area contributed by atoms with Crippen LogP contribution in [0.2, 0.25) is 0 Å². The van der Waals surface area contributed by atoms with E-state index >= 15 is 0 Å². The maximum absolute atomic E-state index is 11.7. The van der Waals surface area contributed by atoms with Crippen LogP contribution < -0.4 is 16.4 Å². The van der Waals surface area contributed by atoms with Crippen LogP contribution in [0.25, 0.3) is 0 Å². The summed E-state index contributed by atoms with van der Waals surface area (Å²) in [6, 6.07) is 5.49. The van der Waals surface area contributed by atoms with Crippen molar-refractivity contribution in [2.24, 2.45) is 0 Å². The smallest absolute Gasteiger partial charge is 0.242 e. The van der Waals surface area contributed by atoms with Crippen molar-refractivity contribution >= 4 is 17.3 Å². The number of carbonyl (C=O) groups excluding carboxylic acids is 1. The molecule has 94 valence electrons. The summed E-state index contributed by atoms with van der Waals surface area (Å²) in [6.07, 6.45) is 0. The van der Waals surface area contributed by atoms with Crippen molar-refractivity contribution in [2.75, 3.05) is 11.1 Å². The molecule has 1 unspecified atom stereocenters. The van der Waals surface area contributed by atoms with Crippen LogP contribution in [-0.4, -0.2) is 18.0 Å². The third kappa shape index (κ3) is 3.98. The lowest BCUT2D eigenvalue weighted by molar-refractivity contribution is -0.122. The number of hydrogen-bond acceptors (Lipinski definition) is 3. The van der Waals surface area contributed by atoms with Gasteiger partial charge in [0.25, 0.3) is 0 Å². The van der Waals surface area contributed by atoms with Gasteiger partial charge in [0, 0.05) is 17.4 Å². The Bertz CT molecular complexity index is 402. The van der Waals surface area contributed by atoms with E-state index in [-0.39, 0.29) is 18.0 Å². The lowest BCUT2D eigenvalue weighted by atomic mass is 10.1. The predicted octanol–water partition coefficient (Wildman–Crippen LogP) is 1.90. The monoisotopic (exact) mass is 235 g/mol. The highest BCUT2D eigenvalue weighted by Crippen LogP contribution is 2.18. The number of hydrogen-bond donors (Lipinski definition) is 3. The van der Waals surface area contributed by atoms with Crippen LogP contribution in [0.5, 0.6) is 0 Å². The van der Waals surface area contributed by atoms with Gasteiger partial charge in [-0.2, -0.15) is 0 Å². The van der Waals surface area contributed by atoms with E-state index in [4.69, 9.17) is 5.73 Å². The average Bonchev–Trinajstić information content (AvgIpc) is 2.21. The molecule has 0 saturated carbocycles. The molecule has 4 N–H and O–H groups in total. The van der Waals surface area contributed by atoms with Crippen LogP contribution in [0.4, 0.5) is 11.4 Å². The molecule has 0 aliphatic rings. The average molecular weight is 235 g/mol. The van der Waals surface area contributed by atoms with E-state index in [9.17, 15) is 4.79 Å². The Labute approximate surface area is 103 Å².